The molecule has 152 valence electrons. The highest BCUT2D eigenvalue weighted by molar-refractivity contribution is 6.09. The van der Waals surface area contributed by atoms with E-state index in [2.05, 4.69) is 10.3 Å². The van der Waals surface area contributed by atoms with Gasteiger partial charge in [0.05, 0.1) is 18.0 Å². The fourth-order valence-electron chi connectivity index (χ4n) is 2.86. The smallest absolute Gasteiger partial charge is 0.313 e. The molecule has 1 unspecified atom stereocenters. The average Bonchev–Trinajstić information content (AvgIpc) is 2.81. The van der Waals surface area contributed by atoms with Gasteiger partial charge in [-0.25, -0.2) is 0 Å². The molecular formula is C24H22N2O4. The summed E-state index contributed by atoms with van der Waals surface area (Å²) in [6, 6.07) is 19.3. The predicted octanol–water partition coefficient (Wildman–Crippen LogP) is 3.39. The lowest BCUT2D eigenvalue weighted by molar-refractivity contribution is -0.144. The molecule has 6 heteroatoms. The fourth-order valence-corrected chi connectivity index (χ4v) is 2.86. The van der Waals surface area contributed by atoms with E-state index in [-0.39, 0.29) is 24.8 Å². The number of nitrogens with one attached hydrogen (secondary N) is 1. The molecule has 0 aliphatic heterocycles. The van der Waals surface area contributed by atoms with E-state index in [0.717, 1.165) is 5.56 Å². The molecule has 0 aliphatic carbocycles. The molecule has 6 nitrogen and oxygen atoms in total. The number of hydrogen-bond acceptors (Lipinski definition) is 5. The zero-order valence-corrected chi connectivity index (χ0v) is 16.6. The van der Waals surface area contributed by atoms with Gasteiger partial charge in [0.25, 0.3) is 5.91 Å². The van der Waals surface area contributed by atoms with Crippen molar-refractivity contribution in [1.82, 2.24) is 10.3 Å². The molecule has 0 bridgehead atoms. The molecule has 0 radical (unpaired) electrons. The second-order valence-electron chi connectivity index (χ2n) is 6.70. The minimum absolute atomic E-state index is 0.0678. The first-order valence-electron chi connectivity index (χ1n) is 9.61. The molecule has 1 N–H and O–H groups in total. The number of carbonyl (C=O) groups is 3. The number of nitrogens with zero attached hydrogens (tertiary/aromatic N) is 1. The summed E-state index contributed by atoms with van der Waals surface area (Å²) >= 11 is 0. The molecule has 3 aromatic rings. The van der Waals surface area contributed by atoms with Crippen molar-refractivity contribution in [2.75, 3.05) is 13.2 Å². The maximum absolute atomic E-state index is 12.5. The number of ether oxygens (including phenoxy) is 1. The Balaban J connectivity index is 1.48. The van der Waals surface area contributed by atoms with Gasteiger partial charge < -0.3 is 10.1 Å². The summed E-state index contributed by atoms with van der Waals surface area (Å²) in [7, 11) is 0. The van der Waals surface area contributed by atoms with E-state index in [4.69, 9.17) is 4.74 Å². The van der Waals surface area contributed by atoms with Crippen LogP contribution in [0.2, 0.25) is 0 Å². The molecular weight excluding hydrogens is 380 g/mol. The van der Waals surface area contributed by atoms with Crippen LogP contribution in [0.5, 0.6) is 0 Å². The second-order valence-corrected chi connectivity index (χ2v) is 6.70. The van der Waals surface area contributed by atoms with Crippen molar-refractivity contribution < 1.29 is 19.1 Å². The Morgan fingerprint density at radius 3 is 2.23 bits per heavy atom. The molecule has 1 aromatic heterocycles. The van der Waals surface area contributed by atoms with Gasteiger partial charge >= 0.3 is 5.97 Å². The molecule has 2 aromatic carbocycles. The molecule has 0 fully saturated rings. The van der Waals surface area contributed by atoms with Crippen LogP contribution in [-0.4, -0.2) is 35.8 Å². The van der Waals surface area contributed by atoms with Crippen LogP contribution in [0.1, 0.15) is 44.7 Å². The molecule has 1 amide bonds. The van der Waals surface area contributed by atoms with E-state index in [1.165, 1.54) is 6.20 Å². The largest absolute Gasteiger partial charge is 0.463 e. The molecule has 3 rings (SSSR count). The van der Waals surface area contributed by atoms with Gasteiger partial charge in [-0.2, -0.15) is 0 Å². The van der Waals surface area contributed by atoms with E-state index in [1.807, 2.05) is 18.2 Å². The van der Waals surface area contributed by atoms with Crippen molar-refractivity contribution in [3.05, 3.63) is 101 Å². The van der Waals surface area contributed by atoms with Crippen molar-refractivity contribution >= 4 is 17.7 Å². The highest BCUT2D eigenvalue weighted by atomic mass is 16.5. The first-order valence-corrected chi connectivity index (χ1v) is 9.61. The number of ketones is 1. The Hall–Kier alpha value is -3.80. The maximum atomic E-state index is 12.5. The van der Waals surface area contributed by atoms with Crippen LogP contribution < -0.4 is 5.32 Å². The van der Waals surface area contributed by atoms with Crippen molar-refractivity contribution in [3.8, 4) is 0 Å². The lowest BCUT2D eigenvalue weighted by Gasteiger charge is -2.13. The highest BCUT2D eigenvalue weighted by Crippen LogP contribution is 2.19. The van der Waals surface area contributed by atoms with E-state index >= 15 is 0 Å². The maximum Gasteiger partial charge on any atom is 0.313 e. The Morgan fingerprint density at radius 1 is 0.900 bits per heavy atom. The molecule has 30 heavy (non-hydrogen) atoms. The van der Waals surface area contributed by atoms with E-state index in [1.54, 1.807) is 61.7 Å². The van der Waals surface area contributed by atoms with Crippen molar-refractivity contribution in [1.29, 1.82) is 0 Å². The van der Waals surface area contributed by atoms with Gasteiger partial charge in [-0.3, -0.25) is 19.4 Å². The monoisotopic (exact) mass is 402 g/mol. The fraction of sp³-hybridized carbons (Fsp3) is 0.167. The van der Waals surface area contributed by atoms with Gasteiger partial charge in [0, 0.05) is 23.5 Å². The SMILES string of the molecule is CC(C(=O)OCCNC(=O)c1cccnc1)c1ccc(C(=O)c2ccccc2)cc1. The number of esters is 1. The van der Waals surface area contributed by atoms with Crippen LogP contribution in [0, 0.1) is 0 Å². The Kier molecular flexibility index (Phi) is 7.05. The zero-order valence-electron chi connectivity index (χ0n) is 16.6. The van der Waals surface area contributed by atoms with Crippen molar-refractivity contribution in [2.24, 2.45) is 0 Å². The molecule has 1 atom stereocenters. The number of rotatable bonds is 8. The number of carbonyl (C=O) groups excluding carboxylic acids is 3. The third-order valence-electron chi connectivity index (χ3n) is 4.62. The Morgan fingerprint density at radius 2 is 1.57 bits per heavy atom. The lowest BCUT2D eigenvalue weighted by atomic mass is 9.97. The van der Waals surface area contributed by atoms with Crippen molar-refractivity contribution in [2.45, 2.75) is 12.8 Å². The number of pyridine rings is 1. The average molecular weight is 402 g/mol. The second kappa shape index (κ2) is 10.1. The number of amides is 1. The predicted molar refractivity (Wildman–Crippen MR) is 112 cm³/mol. The third-order valence-corrected chi connectivity index (χ3v) is 4.62. The van der Waals surface area contributed by atoms with Crippen LogP contribution in [0.4, 0.5) is 0 Å². The number of benzene rings is 2. The summed E-state index contributed by atoms with van der Waals surface area (Å²) in [5, 5.41) is 2.67. The van der Waals surface area contributed by atoms with Gasteiger partial charge in [-0.05, 0) is 24.6 Å². The van der Waals surface area contributed by atoms with Gasteiger partial charge in [-0.1, -0.05) is 54.6 Å². The molecule has 1 heterocycles. The molecule has 0 aliphatic rings. The first-order chi connectivity index (χ1) is 14.6. The van der Waals surface area contributed by atoms with Gasteiger partial charge in [0.15, 0.2) is 5.78 Å². The zero-order chi connectivity index (χ0) is 21.3. The quantitative estimate of drug-likeness (QED) is 0.355. The van der Waals surface area contributed by atoms with Crippen LogP contribution in [0.15, 0.2) is 79.1 Å². The third kappa shape index (κ3) is 5.38. The van der Waals surface area contributed by atoms with Crippen LogP contribution in [-0.2, 0) is 9.53 Å². The standard InChI is InChI=1S/C24H22N2O4/c1-17(24(29)30-15-14-26-23(28)21-8-5-13-25-16-21)18-9-11-20(12-10-18)22(27)19-6-3-2-4-7-19/h2-13,16-17H,14-15H2,1H3,(H,26,28). The van der Waals surface area contributed by atoms with Gasteiger partial charge in [-0.15, -0.1) is 0 Å². The normalized spacial score (nSPS) is 11.4. The van der Waals surface area contributed by atoms with E-state index in [0.29, 0.717) is 16.7 Å². The summed E-state index contributed by atoms with van der Waals surface area (Å²) in [4.78, 5) is 40.6. The number of aromatic nitrogens is 1. The summed E-state index contributed by atoms with van der Waals surface area (Å²) in [5.41, 5.74) is 2.38. The summed E-state index contributed by atoms with van der Waals surface area (Å²) < 4.78 is 5.26. The first kappa shape index (κ1) is 20.9. The van der Waals surface area contributed by atoms with Gasteiger partial charge in [0.2, 0.25) is 0 Å². The molecule has 0 saturated carbocycles. The topological polar surface area (TPSA) is 85.4 Å². The Bertz CT molecular complexity index is 1000. The number of hydrogen-bond donors (Lipinski definition) is 1. The van der Waals surface area contributed by atoms with Crippen LogP contribution in [0.25, 0.3) is 0 Å². The minimum Gasteiger partial charge on any atom is -0.463 e. The van der Waals surface area contributed by atoms with Gasteiger partial charge in [0.1, 0.15) is 6.61 Å². The van der Waals surface area contributed by atoms with Crippen LogP contribution in [0.3, 0.4) is 0 Å². The van der Waals surface area contributed by atoms with E-state index in [9.17, 15) is 14.4 Å². The van der Waals surface area contributed by atoms with E-state index < -0.39 is 11.9 Å². The summed E-state index contributed by atoms with van der Waals surface area (Å²) in [5.74, 6) is -1.22. The lowest BCUT2D eigenvalue weighted by Crippen LogP contribution is -2.28. The summed E-state index contributed by atoms with van der Waals surface area (Å²) in [6.45, 7) is 2.01. The highest BCUT2D eigenvalue weighted by Gasteiger charge is 2.18. The molecule has 0 saturated heterocycles. The van der Waals surface area contributed by atoms with Crippen molar-refractivity contribution in [3.63, 3.8) is 0 Å². The van der Waals surface area contributed by atoms with Crippen LogP contribution >= 0.6 is 0 Å². The summed E-state index contributed by atoms with van der Waals surface area (Å²) in [6.07, 6.45) is 3.06. The minimum atomic E-state index is -0.486. The molecule has 0 spiro atoms. The Labute approximate surface area is 174 Å².